The van der Waals surface area contributed by atoms with E-state index >= 15 is 0 Å². The number of hydrogen-bond donors (Lipinski definition) is 0. The zero-order valence-corrected chi connectivity index (χ0v) is 19.0. The number of amides is 2. The van der Waals surface area contributed by atoms with Crippen LogP contribution in [0.15, 0.2) is 12.2 Å². The summed E-state index contributed by atoms with van der Waals surface area (Å²) in [5.74, 6) is -0.715. The van der Waals surface area contributed by atoms with Gasteiger partial charge in [-0.25, -0.2) is 9.59 Å². The molecule has 2 atom stereocenters. The number of esters is 2. The van der Waals surface area contributed by atoms with E-state index < -0.39 is 12.1 Å². The number of carbonyl (C=O) groups is 4. The fourth-order valence-corrected chi connectivity index (χ4v) is 4.64. The van der Waals surface area contributed by atoms with Crippen LogP contribution in [0.1, 0.15) is 77.0 Å². The molecule has 3 aliphatic heterocycles. The summed E-state index contributed by atoms with van der Waals surface area (Å²) in [5, 5.41) is 0. The number of allylic oxidation sites excluding steroid dienone is 2. The maximum absolute atomic E-state index is 12.6. The third-order valence-electron chi connectivity index (χ3n) is 6.41. The van der Waals surface area contributed by atoms with Crippen molar-refractivity contribution in [2.75, 3.05) is 26.3 Å². The monoisotopic (exact) mass is 448 g/mol. The molecular weight excluding hydrogens is 412 g/mol. The van der Waals surface area contributed by atoms with E-state index in [2.05, 4.69) is 0 Å². The average molecular weight is 449 g/mol. The highest BCUT2D eigenvalue weighted by atomic mass is 16.5. The second-order valence-electron chi connectivity index (χ2n) is 8.79. The molecular formula is C24H36N2O6. The Bertz CT molecular complexity index is 649. The van der Waals surface area contributed by atoms with E-state index in [1.807, 2.05) is 12.2 Å². The number of cyclic esters (lactones) is 2. The van der Waals surface area contributed by atoms with Gasteiger partial charge in [-0.3, -0.25) is 9.59 Å². The number of fused-ring (bicyclic) bond motifs is 2. The molecule has 0 aliphatic carbocycles. The molecule has 32 heavy (non-hydrogen) atoms. The normalized spacial score (nSPS) is 27.8. The molecule has 2 amide bonds. The van der Waals surface area contributed by atoms with Gasteiger partial charge in [0.15, 0.2) is 0 Å². The van der Waals surface area contributed by atoms with Gasteiger partial charge in [-0.05, 0) is 64.2 Å². The summed E-state index contributed by atoms with van der Waals surface area (Å²) in [6, 6.07) is -0.956. The number of rotatable bonds is 0. The number of ether oxygens (including phenoxy) is 2. The lowest BCUT2D eigenvalue weighted by Gasteiger charge is -2.24. The predicted octanol–water partition coefficient (Wildman–Crippen LogP) is 2.75. The Labute approximate surface area is 190 Å². The molecule has 0 aromatic carbocycles. The molecule has 3 rings (SSSR count). The van der Waals surface area contributed by atoms with Crippen molar-refractivity contribution in [1.82, 2.24) is 9.80 Å². The third-order valence-corrected chi connectivity index (χ3v) is 6.41. The van der Waals surface area contributed by atoms with E-state index in [4.69, 9.17) is 9.47 Å². The molecule has 8 heteroatoms. The van der Waals surface area contributed by atoms with Crippen molar-refractivity contribution in [3.05, 3.63) is 12.2 Å². The van der Waals surface area contributed by atoms with Gasteiger partial charge in [0, 0.05) is 25.9 Å². The summed E-state index contributed by atoms with van der Waals surface area (Å²) in [6.07, 6.45) is 11.9. The van der Waals surface area contributed by atoms with Crippen molar-refractivity contribution in [2.24, 2.45) is 0 Å². The fraction of sp³-hybridized carbons (Fsp3) is 0.750. The van der Waals surface area contributed by atoms with Gasteiger partial charge in [-0.15, -0.1) is 0 Å². The van der Waals surface area contributed by atoms with Crippen LogP contribution in [0.4, 0.5) is 0 Å². The summed E-state index contributed by atoms with van der Waals surface area (Å²) in [7, 11) is 0. The Kier molecular flexibility index (Phi) is 9.56. The zero-order valence-electron chi connectivity index (χ0n) is 19.0. The second-order valence-corrected chi connectivity index (χ2v) is 8.79. The lowest BCUT2D eigenvalue weighted by molar-refractivity contribution is -0.154. The van der Waals surface area contributed by atoms with Crippen molar-refractivity contribution >= 4 is 23.8 Å². The van der Waals surface area contributed by atoms with Gasteiger partial charge in [0.05, 0.1) is 13.2 Å². The summed E-state index contributed by atoms with van der Waals surface area (Å²) < 4.78 is 10.8. The molecule has 0 spiro atoms. The number of carbonyl (C=O) groups excluding carboxylic acids is 4. The van der Waals surface area contributed by atoms with Gasteiger partial charge >= 0.3 is 11.9 Å². The molecule has 3 heterocycles. The maximum atomic E-state index is 12.6. The minimum Gasteiger partial charge on any atom is -0.464 e. The minimum atomic E-state index is -0.478. The number of nitrogens with zero attached hydrogens (tertiary/aromatic N) is 2. The SMILES string of the molecule is O=C1OCCCC=CCCCOC(=O)[C@H]2CCCN2C(=O)CCCCC(=O)N2CCC[C@H]12. The zero-order chi connectivity index (χ0) is 22.8. The minimum absolute atomic E-state index is 0.0513. The van der Waals surface area contributed by atoms with Gasteiger partial charge in [-0.1, -0.05) is 12.2 Å². The van der Waals surface area contributed by atoms with E-state index in [0.717, 1.165) is 38.5 Å². The van der Waals surface area contributed by atoms with Crippen LogP contribution in [0.3, 0.4) is 0 Å². The first-order valence-corrected chi connectivity index (χ1v) is 12.1. The van der Waals surface area contributed by atoms with Crippen molar-refractivity contribution in [2.45, 2.75) is 89.1 Å². The molecule has 0 N–H and O–H groups in total. The summed E-state index contributed by atoms with van der Waals surface area (Å²) >= 11 is 0. The highest BCUT2D eigenvalue weighted by Crippen LogP contribution is 2.22. The molecule has 178 valence electrons. The summed E-state index contributed by atoms with van der Waals surface area (Å²) in [4.78, 5) is 53.5. The van der Waals surface area contributed by atoms with Crippen LogP contribution in [-0.4, -0.2) is 71.9 Å². The Morgan fingerprint density at radius 2 is 1.06 bits per heavy atom. The Morgan fingerprint density at radius 1 is 0.625 bits per heavy atom. The van der Waals surface area contributed by atoms with E-state index in [-0.39, 0.29) is 23.8 Å². The van der Waals surface area contributed by atoms with Gasteiger partial charge in [-0.2, -0.15) is 0 Å². The van der Waals surface area contributed by atoms with Gasteiger partial charge < -0.3 is 19.3 Å². The Morgan fingerprint density at radius 3 is 1.50 bits per heavy atom. The van der Waals surface area contributed by atoms with Gasteiger partial charge in [0.1, 0.15) is 12.1 Å². The summed E-state index contributed by atoms with van der Waals surface area (Å²) in [5.41, 5.74) is 0. The molecule has 3 aliphatic rings. The lowest BCUT2D eigenvalue weighted by Crippen LogP contribution is -2.42. The van der Waals surface area contributed by atoms with Gasteiger partial charge in [0.2, 0.25) is 11.8 Å². The largest absolute Gasteiger partial charge is 0.464 e. The molecule has 2 fully saturated rings. The van der Waals surface area contributed by atoms with E-state index in [0.29, 0.717) is 64.8 Å². The lowest BCUT2D eigenvalue weighted by atomic mass is 10.1. The van der Waals surface area contributed by atoms with Crippen LogP contribution in [0.25, 0.3) is 0 Å². The van der Waals surface area contributed by atoms with Crippen LogP contribution < -0.4 is 0 Å². The fourth-order valence-electron chi connectivity index (χ4n) is 4.64. The highest BCUT2D eigenvalue weighted by molar-refractivity contribution is 5.86. The standard InChI is InChI=1S/C24H36N2O6/c27-21-13-5-6-14-22(28)26-16-10-12-20(26)24(30)32-18-8-4-2-1-3-7-17-31-23(29)19-11-9-15-25(19)21/h1-2,19-20H,3-18H2/t19-,20-/m1/s1. The predicted molar refractivity (Wildman–Crippen MR) is 117 cm³/mol. The molecule has 8 nitrogen and oxygen atoms in total. The molecule has 2 saturated heterocycles. The first kappa shape index (κ1) is 24.3. The van der Waals surface area contributed by atoms with E-state index in [9.17, 15) is 19.2 Å². The van der Waals surface area contributed by atoms with Crippen LogP contribution in [0.2, 0.25) is 0 Å². The first-order valence-electron chi connectivity index (χ1n) is 12.1. The van der Waals surface area contributed by atoms with E-state index in [1.54, 1.807) is 9.80 Å². The van der Waals surface area contributed by atoms with Crippen LogP contribution in [0, 0.1) is 0 Å². The van der Waals surface area contributed by atoms with Crippen molar-refractivity contribution in [1.29, 1.82) is 0 Å². The molecule has 0 unspecified atom stereocenters. The van der Waals surface area contributed by atoms with Gasteiger partial charge in [0.25, 0.3) is 0 Å². The quantitative estimate of drug-likeness (QED) is 0.418. The van der Waals surface area contributed by atoms with Crippen LogP contribution in [0.5, 0.6) is 0 Å². The Balaban J connectivity index is 1.57. The van der Waals surface area contributed by atoms with E-state index in [1.165, 1.54) is 0 Å². The molecule has 0 aromatic heterocycles. The number of hydrogen-bond acceptors (Lipinski definition) is 6. The molecule has 0 radical (unpaired) electrons. The average Bonchev–Trinajstić information content (AvgIpc) is 3.46. The van der Waals surface area contributed by atoms with Crippen molar-refractivity contribution in [3.8, 4) is 0 Å². The topological polar surface area (TPSA) is 93.2 Å². The summed E-state index contributed by atoms with van der Waals surface area (Å²) in [6.45, 7) is 1.86. The maximum Gasteiger partial charge on any atom is 0.328 e. The Hall–Kier alpha value is -2.38. The highest BCUT2D eigenvalue weighted by Gasteiger charge is 2.36. The molecule has 0 aromatic rings. The third kappa shape index (κ3) is 6.81. The molecule has 0 bridgehead atoms. The van der Waals surface area contributed by atoms with Crippen LogP contribution >= 0.6 is 0 Å². The molecule has 0 saturated carbocycles. The smallest absolute Gasteiger partial charge is 0.328 e. The van der Waals surface area contributed by atoms with Crippen molar-refractivity contribution < 1.29 is 28.7 Å². The first-order chi connectivity index (χ1) is 15.6. The van der Waals surface area contributed by atoms with Crippen molar-refractivity contribution in [3.63, 3.8) is 0 Å². The second kappa shape index (κ2) is 12.6. The van der Waals surface area contributed by atoms with Crippen LogP contribution in [-0.2, 0) is 28.7 Å².